The summed E-state index contributed by atoms with van der Waals surface area (Å²) in [5.41, 5.74) is 1.34. The quantitative estimate of drug-likeness (QED) is 0.759. The summed E-state index contributed by atoms with van der Waals surface area (Å²) in [6.45, 7) is -0.141. The second-order valence-electron chi connectivity index (χ2n) is 4.49. The smallest absolute Gasteiger partial charge is 0.242 e. The van der Waals surface area contributed by atoms with E-state index in [9.17, 15) is 13.5 Å². The Balaban J connectivity index is 2.35. The van der Waals surface area contributed by atoms with Crippen LogP contribution in [0.15, 0.2) is 59.5 Å². The third-order valence-corrected chi connectivity index (χ3v) is 4.63. The minimum absolute atomic E-state index is 0.141. The molecular weight excluding hydrogens is 288 g/mol. The molecule has 112 valence electrons. The lowest BCUT2D eigenvalue weighted by Crippen LogP contribution is -2.22. The Morgan fingerprint density at radius 3 is 2.29 bits per heavy atom. The Kier molecular flexibility index (Phi) is 4.95. The summed E-state index contributed by atoms with van der Waals surface area (Å²) in [5, 5.41) is 12.6. The number of sulfonamides is 1. The van der Waals surface area contributed by atoms with Crippen molar-refractivity contribution in [2.45, 2.75) is 10.9 Å². The SMILES string of the molecule is CNS(=O)(=O)c1ccccc1NC(CO)c1ccccc1. The van der Waals surface area contributed by atoms with Crippen LogP contribution in [-0.4, -0.2) is 27.2 Å². The average molecular weight is 306 g/mol. The number of hydrogen-bond donors (Lipinski definition) is 3. The number of anilines is 1. The number of benzene rings is 2. The third-order valence-electron chi connectivity index (χ3n) is 3.16. The predicted molar refractivity (Wildman–Crippen MR) is 82.6 cm³/mol. The van der Waals surface area contributed by atoms with Gasteiger partial charge in [-0.1, -0.05) is 42.5 Å². The highest BCUT2D eigenvalue weighted by atomic mass is 32.2. The zero-order valence-electron chi connectivity index (χ0n) is 11.7. The van der Waals surface area contributed by atoms with Crippen LogP contribution in [0.4, 0.5) is 5.69 Å². The number of nitrogens with one attached hydrogen (secondary N) is 2. The van der Waals surface area contributed by atoms with Gasteiger partial charge in [-0.05, 0) is 24.7 Å². The molecule has 0 spiro atoms. The van der Waals surface area contributed by atoms with Crippen LogP contribution in [0.2, 0.25) is 0 Å². The summed E-state index contributed by atoms with van der Waals surface area (Å²) in [7, 11) is -2.19. The van der Waals surface area contributed by atoms with Gasteiger partial charge in [-0.3, -0.25) is 0 Å². The first-order valence-corrected chi connectivity index (χ1v) is 8.01. The van der Waals surface area contributed by atoms with E-state index in [-0.39, 0.29) is 17.5 Å². The second-order valence-corrected chi connectivity index (χ2v) is 6.35. The molecule has 0 bridgehead atoms. The second kappa shape index (κ2) is 6.71. The van der Waals surface area contributed by atoms with Crippen LogP contribution >= 0.6 is 0 Å². The zero-order chi connectivity index (χ0) is 15.3. The van der Waals surface area contributed by atoms with Gasteiger partial charge in [-0.2, -0.15) is 0 Å². The van der Waals surface area contributed by atoms with Crippen molar-refractivity contribution in [2.75, 3.05) is 19.0 Å². The fourth-order valence-corrected chi connectivity index (χ4v) is 2.93. The van der Waals surface area contributed by atoms with E-state index in [1.165, 1.54) is 13.1 Å². The molecule has 0 aliphatic rings. The molecule has 0 aliphatic heterocycles. The average Bonchev–Trinajstić information content (AvgIpc) is 2.53. The topological polar surface area (TPSA) is 78.4 Å². The molecule has 0 radical (unpaired) electrons. The summed E-state index contributed by atoms with van der Waals surface area (Å²) < 4.78 is 26.3. The van der Waals surface area contributed by atoms with Gasteiger partial charge in [0.05, 0.1) is 18.3 Å². The molecular formula is C15H18N2O3S. The number of aliphatic hydroxyl groups excluding tert-OH is 1. The fraction of sp³-hybridized carbons (Fsp3) is 0.200. The van der Waals surface area contributed by atoms with Crippen LogP contribution in [0, 0.1) is 0 Å². The Bertz CT molecular complexity index is 687. The van der Waals surface area contributed by atoms with Crippen molar-refractivity contribution in [3.8, 4) is 0 Å². The van der Waals surface area contributed by atoms with Crippen molar-refractivity contribution in [1.29, 1.82) is 0 Å². The van der Waals surface area contributed by atoms with Crippen LogP contribution in [-0.2, 0) is 10.0 Å². The van der Waals surface area contributed by atoms with E-state index in [0.29, 0.717) is 5.69 Å². The summed E-state index contributed by atoms with van der Waals surface area (Å²) in [5.74, 6) is 0. The van der Waals surface area contributed by atoms with Crippen molar-refractivity contribution in [3.05, 3.63) is 60.2 Å². The van der Waals surface area contributed by atoms with Crippen molar-refractivity contribution in [3.63, 3.8) is 0 Å². The maximum atomic E-state index is 12.0. The van der Waals surface area contributed by atoms with Gasteiger partial charge < -0.3 is 10.4 Å². The summed E-state index contributed by atoms with van der Waals surface area (Å²) in [4.78, 5) is 0.155. The van der Waals surface area contributed by atoms with Crippen LogP contribution in [0.5, 0.6) is 0 Å². The standard InChI is InChI=1S/C15H18N2O3S/c1-16-21(19,20)15-10-6-5-9-13(15)17-14(11-18)12-7-3-2-4-8-12/h2-10,14,16-18H,11H2,1H3. The fourth-order valence-electron chi connectivity index (χ4n) is 2.04. The molecule has 2 aromatic carbocycles. The Morgan fingerprint density at radius 1 is 1.05 bits per heavy atom. The lowest BCUT2D eigenvalue weighted by Gasteiger charge is -2.20. The van der Waals surface area contributed by atoms with Gasteiger partial charge in [0.15, 0.2) is 0 Å². The molecule has 0 aliphatic carbocycles. The molecule has 21 heavy (non-hydrogen) atoms. The van der Waals surface area contributed by atoms with E-state index in [4.69, 9.17) is 0 Å². The molecule has 6 heteroatoms. The highest BCUT2D eigenvalue weighted by Gasteiger charge is 2.18. The number of aliphatic hydroxyl groups is 1. The maximum Gasteiger partial charge on any atom is 0.242 e. The van der Waals surface area contributed by atoms with E-state index < -0.39 is 10.0 Å². The highest BCUT2D eigenvalue weighted by Crippen LogP contribution is 2.25. The van der Waals surface area contributed by atoms with E-state index in [1.54, 1.807) is 18.2 Å². The molecule has 2 rings (SSSR count). The molecule has 0 saturated heterocycles. The normalized spacial score (nSPS) is 12.9. The van der Waals surface area contributed by atoms with Crippen molar-refractivity contribution < 1.29 is 13.5 Å². The van der Waals surface area contributed by atoms with Gasteiger partial charge >= 0.3 is 0 Å². The van der Waals surface area contributed by atoms with Crippen molar-refractivity contribution in [1.82, 2.24) is 4.72 Å². The molecule has 1 unspecified atom stereocenters. The van der Waals surface area contributed by atoms with Gasteiger partial charge in [0.25, 0.3) is 0 Å². The van der Waals surface area contributed by atoms with E-state index >= 15 is 0 Å². The Hall–Kier alpha value is -1.89. The van der Waals surface area contributed by atoms with Crippen LogP contribution in [0.1, 0.15) is 11.6 Å². The minimum Gasteiger partial charge on any atom is -0.394 e. The molecule has 3 N–H and O–H groups in total. The van der Waals surface area contributed by atoms with Crippen LogP contribution < -0.4 is 10.0 Å². The molecule has 0 fully saturated rings. The number of hydrogen-bond acceptors (Lipinski definition) is 4. The first-order valence-electron chi connectivity index (χ1n) is 6.53. The Labute approximate surface area is 124 Å². The van der Waals surface area contributed by atoms with E-state index in [0.717, 1.165) is 5.56 Å². The van der Waals surface area contributed by atoms with Gasteiger partial charge in [0.2, 0.25) is 10.0 Å². The van der Waals surface area contributed by atoms with Gasteiger partial charge in [0.1, 0.15) is 4.90 Å². The monoisotopic (exact) mass is 306 g/mol. The first-order chi connectivity index (χ1) is 10.1. The first kappa shape index (κ1) is 15.5. The lowest BCUT2D eigenvalue weighted by atomic mass is 10.1. The van der Waals surface area contributed by atoms with Gasteiger partial charge in [-0.15, -0.1) is 0 Å². The Morgan fingerprint density at radius 2 is 1.67 bits per heavy atom. The number of rotatable bonds is 6. The van der Waals surface area contributed by atoms with Crippen LogP contribution in [0.25, 0.3) is 0 Å². The highest BCUT2D eigenvalue weighted by molar-refractivity contribution is 7.89. The molecule has 5 nitrogen and oxygen atoms in total. The molecule has 2 aromatic rings. The molecule has 0 aromatic heterocycles. The largest absolute Gasteiger partial charge is 0.394 e. The summed E-state index contributed by atoms with van der Waals surface area (Å²) >= 11 is 0. The number of para-hydroxylation sites is 1. The molecule has 0 amide bonds. The summed E-state index contributed by atoms with van der Waals surface area (Å²) in [6, 6.07) is 15.6. The zero-order valence-corrected chi connectivity index (χ0v) is 12.5. The predicted octanol–water partition coefficient (Wildman–Crippen LogP) is 1.74. The lowest BCUT2D eigenvalue weighted by molar-refractivity contribution is 0.276. The molecule has 1 atom stereocenters. The summed E-state index contributed by atoms with van der Waals surface area (Å²) in [6.07, 6.45) is 0. The minimum atomic E-state index is -3.56. The third kappa shape index (κ3) is 3.60. The molecule has 0 heterocycles. The maximum absolute atomic E-state index is 12.0. The van der Waals surface area contributed by atoms with Gasteiger partial charge in [0, 0.05) is 0 Å². The molecule has 0 saturated carbocycles. The van der Waals surface area contributed by atoms with Crippen molar-refractivity contribution >= 4 is 15.7 Å². The van der Waals surface area contributed by atoms with E-state index in [1.807, 2.05) is 30.3 Å². The van der Waals surface area contributed by atoms with Gasteiger partial charge in [-0.25, -0.2) is 13.1 Å². The van der Waals surface area contributed by atoms with Crippen molar-refractivity contribution in [2.24, 2.45) is 0 Å². The van der Waals surface area contributed by atoms with E-state index in [2.05, 4.69) is 10.0 Å². The van der Waals surface area contributed by atoms with Crippen LogP contribution in [0.3, 0.4) is 0 Å².